The van der Waals surface area contributed by atoms with Gasteiger partial charge in [0.1, 0.15) is 16.8 Å². The summed E-state index contributed by atoms with van der Waals surface area (Å²) in [6.45, 7) is 11.4. The topological polar surface area (TPSA) is 58.0 Å². The zero-order chi connectivity index (χ0) is 14.8. The molecule has 19 heavy (non-hydrogen) atoms. The van der Waals surface area contributed by atoms with Gasteiger partial charge in [0.25, 0.3) is 0 Å². The summed E-state index contributed by atoms with van der Waals surface area (Å²) in [5, 5.41) is 13.9. The van der Waals surface area contributed by atoms with Crippen LogP contribution in [0.3, 0.4) is 0 Å². The van der Waals surface area contributed by atoms with Crippen LogP contribution in [0.2, 0.25) is 5.15 Å². The molecule has 0 saturated carbocycles. The highest BCUT2D eigenvalue weighted by Crippen LogP contribution is 2.28. The molecule has 0 aliphatic rings. The van der Waals surface area contributed by atoms with Gasteiger partial charge in [0, 0.05) is 12.0 Å². The molecule has 1 heterocycles. The second-order valence-electron chi connectivity index (χ2n) is 5.96. The zero-order valence-electron chi connectivity index (χ0n) is 12.6. The molecule has 0 bridgehead atoms. The van der Waals surface area contributed by atoms with Crippen LogP contribution < -0.4 is 5.32 Å². The van der Waals surface area contributed by atoms with E-state index in [1.807, 2.05) is 20.8 Å². The van der Waals surface area contributed by atoms with Gasteiger partial charge < -0.3 is 10.4 Å². The summed E-state index contributed by atoms with van der Waals surface area (Å²) < 4.78 is 0. The van der Waals surface area contributed by atoms with E-state index in [0.29, 0.717) is 11.0 Å². The third-order valence-electron chi connectivity index (χ3n) is 3.57. The monoisotopic (exact) mass is 285 g/mol. The van der Waals surface area contributed by atoms with Crippen LogP contribution in [0.15, 0.2) is 0 Å². The van der Waals surface area contributed by atoms with Gasteiger partial charge in [0.2, 0.25) is 0 Å². The maximum absolute atomic E-state index is 10.2. The molecule has 1 rings (SSSR count). The highest BCUT2D eigenvalue weighted by Gasteiger charge is 2.35. The van der Waals surface area contributed by atoms with Crippen molar-refractivity contribution in [3.63, 3.8) is 0 Å². The summed E-state index contributed by atoms with van der Waals surface area (Å²) in [7, 11) is 0. The highest BCUT2D eigenvalue weighted by molar-refractivity contribution is 6.30. The first-order valence-electron chi connectivity index (χ1n) is 6.62. The van der Waals surface area contributed by atoms with E-state index < -0.39 is 11.1 Å². The molecule has 4 nitrogen and oxygen atoms in total. The van der Waals surface area contributed by atoms with Crippen molar-refractivity contribution in [1.29, 1.82) is 0 Å². The molecule has 0 amide bonds. The fraction of sp³-hybridized carbons (Fsp3) is 0.714. The SMILES string of the molecule is CCCc1nc(Cl)c(C)c(NC(C)(C)C(C)(C)O)n1. The Morgan fingerprint density at radius 1 is 1.21 bits per heavy atom. The first-order chi connectivity index (χ1) is 8.58. The van der Waals surface area contributed by atoms with Crippen molar-refractivity contribution in [2.75, 3.05) is 5.32 Å². The number of halogens is 1. The van der Waals surface area contributed by atoms with Gasteiger partial charge in [0.05, 0.1) is 11.1 Å². The Morgan fingerprint density at radius 3 is 2.26 bits per heavy atom. The maximum Gasteiger partial charge on any atom is 0.137 e. The summed E-state index contributed by atoms with van der Waals surface area (Å²) in [6.07, 6.45) is 1.76. The van der Waals surface area contributed by atoms with Gasteiger partial charge >= 0.3 is 0 Å². The Kier molecular flexibility index (Phi) is 4.80. The second-order valence-corrected chi connectivity index (χ2v) is 6.32. The summed E-state index contributed by atoms with van der Waals surface area (Å²) >= 11 is 6.14. The van der Waals surface area contributed by atoms with E-state index in [9.17, 15) is 5.11 Å². The predicted molar refractivity (Wildman–Crippen MR) is 79.8 cm³/mol. The van der Waals surface area contributed by atoms with Gasteiger partial charge in [-0.1, -0.05) is 18.5 Å². The number of anilines is 1. The van der Waals surface area contributed by atoms with Crippen LogP contribution in [0.4, 0.5) is 5.82 Å². The van der Waals surface area contributed by atoms with Gasteiger partial charge in [-0.3, -0.25) is 0 Å². The van der Waals surface area contributed by atoms with Crippen LogP contribution >= 0.6 is 11.6 Å². The van der Waals surface area contributed by atoms with Crippen LogP contribution in [0.5, 0.6) is 0 Å². The fourth-order valence-electron chi connectivity index (χ4n) is 1.44. The minimum atomic E-state index is -0.887. The fourth-order valence-corrected chi connectivity index (χ4v) is 1.63. The average molecular weight is 286 g/mol. The number of aryl methyl sites for hydroxylation is 1. The normalized spacial score (nSPS) is 12.6. The molecule has 0 spiro atoms. The lowest BCUT2D eigenvalue weighted by Gasteiger charge is -2.38. The first kappa shape index (κ1) is 16.2. The smallest absolute Gasteiger partial charge is 0.137 e. The molecular weight excluding hydrogens is 262 g/mol. The lowest BCUT2D eigenvalue weighted by Crippen LogP contribution is -2.51. The van der Waals surface area contributed by atoms with Crippen molar-refractivity contribution in [3.8, 4) is 0 Å². The Bertz CT molecular complexity index is 453. The largest absolute Gasteiger partial charge is 0.388 e. The number of nitrogens with zero attached hydrogens (tertiary/aromatic N) is 2. The molecule has 108 valence electrons. The van der Waals surface area contributed by atoms with Crippen molar-refractivity contribution >= 4 is 17.4 Å². The van der Waals surface area contributed by atoms with E-state index in [0.717, 1.165) is 24.2 Å². The van der Waals surface area contributed by atoms with E-state index in [4.69, 9.17) is 11.6 Å². The molecule has 2 N–H and O–H groups in total. The molecule has 0 saturated heterocycles. The van der Waals surface area contributed by atoms with E-state index in [2.05, 4.69) is 22.2 Å². The minimum absolute atomic E-state index is 0.465. The van der Waals surface area contributed by atoms with Crippen molar-refractivity contribution in [2.45, 2.75) is 65.5 Å². The first-order valence-corrected chi connectivity index (χ1v) is 7.00. The van der Waals surface area contributed by atoms with E-state index >= 15 is 0 Å². The molecular formula is C14H24ClN3O. The quantitative estimate of drug-likeness (QED) is 0.815. The second kappa shape index (κ2) is 5.63. The molecule has 1 aromatic heterocycles. The maximum atomic E-state index is 10.2. The molecule has 0 aliphatic carbocycles. The van der Waals surface area contributed by atoms with Gasteiger partial charge in [-0.05, 0) is 41.0 Å². The lowest BCUT2D eigenvalue weighted by molar-refractivity contribution is 0.0238. The van der Waals surface area contributed by atoms with Crippen molar-refractivity contribution in [2.24, 2.45) is 0 Å². The van der Waals surface area contributed by atoms with Crippen molar-refractivity contribution in [3.05, 3.63) is 16.5 Å². The predicted octanol–water partition coefficient (Wildman–Crippen LogP) is 3.35. The van der Waals surface area contributed by atoms with Crippen molar-refractivity contribution < 1.29 is 5.11 Å². The Hall–Kier alpha value is -0.870. The number of hydrogen-bond acceptors (Lipinski definition) is 4. The van der Waals surface area contributed by atoms with Crippen LogP contribution in [-0.2, 0) is 6.42 Å². The summed E-state index contributed by atoms with van der Waals surface area (Å²) in [4.78, 5) is 8.77. The van der Waals surface area contributed by atoms with Gasteiger partial charge in [-0.15, -0.1) is 0 Å². The third kappa shape index (κ3) is 3.80. The summed E-state index contributed by atoms with van der Waals surface area (Å²) in [6, 6.07) is 0. The molecule has 0 unspecified atom stereocenters. The Balaban J connectivity index is 3.13. The molecule has 0 aliphatic heterocycles. The molecule has 0 fully saturated rings. The summed E-state index contributed by atoms with van der Waals surface area (Å²) in [5.74, 6) is 1.42. The van der Waals surface area contributed by atoms with Crippen LogP contribution in [0.25, 0.3) is 0 Å². The van der Waals surface area contributed by atoms with E-state index in [1.165, 1.54) is 0 Å². The number of aromatic nitrogens is 2. The summed E-state index contributed by atoms with van der Waals surface area (Å²) in [5.41, 5.74) is -0.611. The van der Waals surface area contributed by atoms with E-state index in [-0.39, 0.29) is 0 Å². The average Bonchev–Trinajstić information content (AvgIpc) is 2.23. The zero-order valence-corrected chi connectivity index (χ0v) is 13.4. The van der Waals surface area contributed by atoms with Gasteiger partial charge in [-0.25, -0.2) is 9.97 Å². The van der Waals surface area contributed by atoms with Gasteiger partial charge in [0.15, 0.2) is 0 Å². The highest BCUT2D eigenvalue weighted by atomic mass is 35.5. The Morgan fingerprint density at radius 2 is 1.79 bits per heavy atom. The minimum Gasteiger partial charge on any atom is -0.388 e. The van der Waals surface area contributed by atoms with Gasteiger partial charge in [-0.2, -0.15) is 0 Å². The molecule has 1 aromatic rings. The molecule has 0 aromatic carbocycles. The lowest BCUT2D eigenvalue weighted by atomic mass is 9.86. The van der Waals surface area contributed by atoms with Crippen LogP contribution in [0.1, 0.15) is 52.4 Å². The number of rotatable bonds is 5. The number of hydrogen-bond donors (Lipinski definition) is 2. The molecule has 5 heteroatoms. The van der Waals surface area contributed by atoms with Crippen LogP contribution in [-0.4, -0.2) is 26.2 Å². The van der Waals surface area contributed by atoms with Crippen LogP contribution in [0, 0.1) is 6.92 Å². The molecule has 0 radical (unpaired) electrons. The third-order valence-corrected chi connectivity index (χ3v) is 3.93. The molecule has 0 atom stereocenters. The number of aliphatic hydroxyl groups is 1. The van der Waals surface area contributed by atoms with E-state index in [1.54, 1.807) is 13.8 Å². The Labute approximate surface area is 120 Å². The standard InChI is InChI=1S/C14H24ClN3O/c1-7-8-10-16-11(15)9(2)12(17-10)18-13(3,4)14(5,6)19/h19H,7-8H2,1-6H3,(H,16,17,18). The number of nitrogens with one attached hydrogen (secondary N) is 1. The van der Waals surface area contributed by atoms with Crippen molar-refractivity contribution in [1.82, 2.24) is 9.97 Å².